The van der Waals surface area contributed by atoms with Gasteiger partial charge in [-0.1, -0.05) is 48.0 Å². The number of aryl methyl sites for hydroxylation is 1. The largest absolute Gasteiger partial charge is 0.493 e. The molecule has 1 amide bonds. The minimum atomic E-state index is -4.39. The van der Waals surface area contributed by atoms with Gasteiger partial charge in [-0.05, 0) is 95.4 Å². The molecule has 1 aliphatic heterocycles. The van der Waals surface area contributed by atoms with Crippen molar-refractivity contribution in [2.24, 2.45) is 0 Å². The Bertz CT molecular complexity index is 2260. The monoisotopic (exact) mass is 819 g/mol. The number of hydrogen-bond donors (Lipinski definition) is 0. The number of ether oxygens (including phenoxy) is 3. The van der Waals surface area contributed by atoms with Gasteiger partial charge in [-0.15, -0.1) is 0 Å². The molecule has 5 aromatic rings. The van der Waals surface area contributed by atoms with Gasteiger partial charge in [0.2, 0.25) is 11.8 Å². The second-order valence-electron chi connectivity index (χ2n) is 13.7. The van der Waals surface area contributed by atoms with E-state index in [1.165, 1.54) is 30.1 Å². The first kappa shape index (κ1) is 41.3. The third-order valence-electron chi connectivity index (χ3n) is 9.30. The van der Waals surface area contributed by atoms with Crippen LogP contribution in [0.1, 0.15) is 33.4 Å². The Kier molecular flexibility index (Phi) is 13.2. The lowest BCUT2D eigenvalue weighted by atomic mass is 10.1. The molecule has 0 atom stereocenters. The van der Waals surface area contributed by atoms with Crippen LogP contribution in [-0.2, 0) is 40.4 Å². The number of amides is 1. The van der Waals surface area contributed by atoms with E-state index in [-0.39, 0.29) is 23.3 Å². The van der Waals surface area contributed by atoms with Gasteiger partial charge in [0.25, 0.3) is 0 Å². The van der Waals surface area contributed by atoms with Crippen molar-refractivity contribution in [3.63, 3.8) is 0 Å². The summed E-state index contributed by atoms with van der Waals surface area (Å²) in [6.45, 7) is 5.91. The maximum absolute atomic E-state index is 13.1. The van der Waals surface area contributed by atoms with E-state index >= 15 is 0 Å². The van der Waals surface area contributed by atoms with Crippen LogP contribution in [-0.4, -0.2) is 68.2 Å². The predicted molar refractivity (Wildman–Crippen MR) is 212 cm³/mol. The van der Waals surface area contributed by atoms with Crippen LogP contribution in [0.15, 0.2) is 114 Å². The van der Waals surface area contributed by atoms with Crippen LogP contribution in [0.25, 0.3) is 6.08 Å². The van der Waals surface area contributed by atoms with E-state index in [9.17, 15) is 26.4 Å². The minimum Gasteiger partial charge on any atom is -0.493 e. The molecule has 57 heavy (non-hydrogen) atoms. The number of sulfone groups is 1. The SMILES string of the molecule is Cc1cc(C=CC(=O)N2CCN(Cc3ccc(CCOc4ccc(S(C)(=O)=O)cc4)cc3)CC2)cc(Cl)c1Oc1ccc(OCc2ccc(C(F)(F)F)cc2)cn1. The summed E-state index contributed by atoms with van der Waals surface area (Å²) >= 11 is 6.59. The summed E-state index contributed by atoms with van der Waals surface area (Å²) in [4.78, 5) is 21.7. The predicted octanol–water partition coefficient (Wildman–Crippen LogP) is 8.82. The third kappa shape index (κ3) is 11.8. The Labute approximate surface area is 335 Å². The fourth-order valence-corrected chi connectivity index (χ4v) is 7.04. The Morgan fingerprint density at radius 1 is 0.842 bits per heavy atom. The molecule has 1 fully saturated rings. The van der Waals surface area contributed by atoms with Gasteiger partial charge in [-0.2, -0.15) is 13.2 Å². The number of pyridine rings is 1. The topological polar surface area (TPSA) is 98.3 Å². The molecule has 0 saturated carbocycles. The number of hydrogen-bond acceptors (Lipinski definition) is 8. The van der Waals surface area contributed by atoms with E-state index in [2.05, 4.69) is 34.1 Å². The average Bonchev–Trinajstić information content (AvgIpc) is 3.18. The number of alkyl halides is 3. The number of rotatable bonds is 14. The maximum Gasteiger partial charge on any atom is 0.416 e. The van der Waals surface area contributed by atoms with E-state index in [1.54, 1.807) is 54.6 Å². The van der Waals surface area contributed by atoms with Crippen LogP contribution >= 0.6 is 11.6 Å². The van der Waals surface area contributed by atoms with Gasteiger partial charge in [-0.25, -0.2) is 13.4 Å². The van der Waals surface area contributed by atoms with Gasteiger partial charge in [0.05, 0.1) is 28.3 Å². The molecule has 1 aromatic heterocycles. The van der Waals surface area contributed by atoms with Crippen LogP contribution in [0, 0.1) is 6.92 Å². The molecule has 14 heteroatoms. The molecule has 4 aromatic carbocycles. The van der Waals surface area contributed by atoms with Crippen LogP contribution in [0.4, 0.5) is 13.2 Å². The van der Waals surface area contributed by atoms with Crippen molar-refractivity contribution in [1.82, 2.24) is 14.8 Å². The molecule has 9 nitrogen and oxygen atoms in total. The highest BCUT2D eigenvalue weighted by molar-refractivity contribution is 7.90. The smallest absolute Gasteiger partial charge is 0.416 e. The highest BCUT2D eigenvalue weighted by Crippen LogP contribution is 2.34. The van der Waals surface area contributed by atoms with Crippen LogP contribution < -0.4 is 14.2 Å². The maximum atomic E-state index is 13.1. The van der Waals surface area contributed by atoms with Crippen LogP contribution in [0.2, 0.25) is 5.02 Å². The van der Waals surface area contributed by atoms with Gasteiger partial charge in [0.15, 0.2) is 15.6 Å². The molecular weight excluding hydrogens is 779 g/mol. The van der Waals surface area contributed by atoms with Crippen LogP contribution in [0.5, 0.6) is 23.1 Å². The van der Waals surface area contributed by atoms with E-state index in [1.807, 2.05) is 17.9 Å². The fraction of sp³-hybridized carbons (Fsp3) is 0.256. The quantitative estimate of drug-likeness (QED) is 0.103. The molecule has 0 unspecified atom stereocenters. The molecule has 1 aliphatic rings. The molecular formula is C43H41ClF3N3O6S. The summed E-state index contributed by atoms with van der Waals surface area (Å²) in [5, 5.41) is 0.348. The second kappa shape index (κ2) is 18.3. The lowest BCUT2D eigenvalue weighted by Crippen LogP contribution is -2.47. The highest BCUT2D eigenvalue weighted by Gasteiger charge is 2.30. The Morgan fingerprint density at radius 3 is 2.11 bits per heavy atom. The number of carbonyl (C=O) groups excluding carboxylic acids is 1. The zero-order chi connectivity index (χ0) is 40.6. The molecule has 0 radical (unpaired) electrons. The average molecular weight is 820 g/mol. The number of aromatic nitrogens is 1. The van der Waals surface area contributed by atoms with Gasteiger partial charge in [0.1, 0.15) is 18.1 Å². The first-order valence-corrected chi connectivity index (χ1v) is 20.4. The van der Waals surface area contributed by atoms with Gasteiger partial charge >= 0.3 is 6.18 Å². The zero-order valence-corrected chi connectivity index (χ0v) is 32.9. The van der Waals surface area contributed by atoms with E-state index in [4.69, 9.17) is 25.8 Å². The van der Waals surface area contributed by atoms with Gasteiger partial charge < -0.3 is 19.1 Å². The van der Waals surface area contributed by atoms with Crippen molar-refractivity contribution in [3.8, 4) is 23.1 Å². The lowest BCUT2D eigenvalue weighted by molar-refractivity contribution is -0.137. The van der Waals surface area contributed by atoms with Gasteiger partial charge in [0, 0.05) is 57.5 Å². The summed E-state index contributed by atoms with van der Waals surface area (Å²) in [5.74, 6) is 1.66. The first-order valence-electron chi connectivity index (χ1n) is 18.1. The number of nitrogens with zero attached hydrogens (tertiary/aromatic N) is 3. The standard InChI is InChI=1S/C43H41ClF3N3O6S/c1-30-25-34(26-39(44)42(30)56-40-17-14-37(27-48-40)55-29-33-7-10-35(11-8-33)43(45,46)47)9-18-41(51)50-22-20-49(21-23-50)28-32-5-3-31(4-6-32)19-24-54-36-12-15-38(16-13-36)57(2,52)53/h3-18,25-27H,19-24,28-29H2,1-2H3. The molecule has 298 valence electrons. The Hall–Kier alpha value is -5.37. The summed E-state index contributed by atoms with van der Waals surface area (Å²) in [5.41, 5.74) is 3.68. The van der Waals surface area contributed by atoms with E-state index in [0.29, 0.717) is 47.5 Å². The second-order valence-corrected chi connectivity index (χ2v) is 16.1. The molecule has 0 aliphatic carbocycles. The molecule has 0 N–H and O–H groups in total. The molecule has 0 bridgehead atoms. The van der Waals surface area contributed by atoms with Crippen molar-refractivity contribution in [2.45, 2.75) is 37.6 Å². The fourth-order valence-electron chi connectivity index (χ4n) is 6.10. The molecule has 6 rings (SSSR count). The van der Waals surface area contributed by atoms with E-state index < -0.39 is 21.6 Å². The highest BCUT2D eigenvalue weighted by atomic mass is 35.5. The number of carbonyl (C=O) groups is 1. The number of benzene rings is 4. The summed E-state index contributed by atoms with van der Waals surface area (Å²) in [6.07, 6.45) is 2.25. The minimum absolute atomic E-state index is 0.0744. The first-order chi connectivity index (χ1) is 27.2. The number of piperazine rings is 1. The van der Waals surface area contributed by atoms with Crippen LogP contribution in [0.3, 0.4) is 0 Å². The van der Waals surface area contributed by atoms with Crippen molar-refractivity contribution in [1.29, 1.82) is 0 Å². The molecule has 1 saturated heterocycles. The lowest BCUT2D eigenvalue weighted by Gasteiger charge is -2.34. The summed E-state index contributed by atoms with van der Waals surface area (Å²) in [7, 11) is -3.24. The summed E-state index contributed by atoms with van der Waals surface area (Å²) < 4.78 is 79.1. The normalized spacial score (nSPS) is 13.8. The van der Waals surface area contributed by atoms with Crippen molar-refractivity contribution in [2.75, 3.05) is 39.0 Å². The van der Waals surface area contributed by atoms with E-state index in [0.717, 1.165) is 54.9 Å². The van der Waals surface area contributed by atoms with Gasteiger partial charge in [-0.3, -0.25) is 9.69 Å². The van der Waals surface area contributed by atoms with Crippen molar-refractivity contribution >= 4 is 33.4 Å². The zero-order valence-electron chi connectivity index (χ0n) is 31.3. The Balaban J connectivity index is 0.919. The third-order valence-corrected chi connectivity index (χ3v) is 10.7. The Morgan fingerprint density at radius 2 is 1.49 bits per heavy atom. The number of halogens is 4. The molecule has 0 spiro atoms. The molecule has 2 heterocycles. The van der Waals surface area contributed by atoms with Crippen molar-refractivity contribution in [3.05, 3.63) is 148 Å². The summed E-state index contributed by atoms with van der Waals surface area (Å²) in [6, 6.07) is 26.4. The van der Waals surface area contributed by atoms with Crippen molar-refractivity contribution < 1.29 is 40.6 Å².